The van der Waals surface area contributed by atoms with E-state index in [-0.39, 0.29) is 11.8 Å². The first kappa shape index (κ1) is 14.6. The number of alkyl halides is 1. The van der Waals surface area contributed by atoms with Gasteiger partial charge in [0.25, 0.3) is 0 Å². The van der Waals surface area contributed by atoms with Gasteiger partial charge in [-0.05, 0) is 43.6 Å². The van der Waals surface area contributed by atoms with Gasteiger partial charge in [0, 0.05) is 17.6 Å². The van der Waals surface area contributed by atoms with Crippen LogP contribution in [0.3, 0.4) is 0 Å². The first-order valence-corrected chi connectivity index (χ1v) is 7.31. The van der Waals surface area contributed by atoms with Gasteiger partial charge in [-0.15, -0.1) is 11.6 Å². The number of nitrogens with one attached hydrogen (secondary N) is 1. The topological polar surface area (TPSA) is 32.3 Å². The zero-order valence-corrected chi connectivity index (χ0v) is 12.4. The van der Waals surface area contributed by atoms with Crippen LogP contribution in [0.1, 0.15) is 18.0 Å². The van der Waals surface area contributed by atoms with Crippen LogP contribution in [-0.2, 0) is 4.79 Å². The molecule has 1 aromatic rings. The lowest BCUT2D eigenvalue weighted by Gasteiger charge is -2.26. The highest BCUT2D eigenvalue weighted by Crippen LogP contribution is 2.36. The first-order valence-electron chi connectivity index (χ1n) is 6.40. The largest absolute Gasteiger partial charge is 0.355 e. The van der Waals surface area contributed by atoms with Crippen LogP contribution < -0.4 is 5.32 Å². The van der Waals surface area contributed by atoms with Crippen molar-refractivity contribution in [1.82, 2.24) is 10.2 Å². The van der Waals surface area contributed by atoms with Crippen molar-refractivity contribution in [2.45, 2.75) is 12.5 Å². The Balaban J connectivity index is 2.09. The zero-order chi connectivity index (χ0) is 13.8. The highest BCUT2D eigenvalue weighted by molar-refractivity contribution is 6.30. The van der Waals surface area contributed by atoms with E-state index in [1.54, 1.807) is 0 Å². The molecule has 2 rings (SSSR count). The summed E-state index contributed by atoms with van der Waals surface area (Å²) in [5.74, 6) is 0.307. The van der Waals surface area contributed by atoms with Crippen LogP contribution in [0.15, 0.2) is 24.3 Å². The molecule has 1 amide bonds. The summed E-state index contributed by atoms with van der Waals surface area (Å²) in [5, 5.41) is 3.63. The van der Waals surface area contributed by atoms with Crippen molar-refractivity contribution in [2.75, 3.05) is 26.0 Å². The molecule has 3 nitrogen and oxygen atoms in total. The van der Waals surface area contributed by atoms with Gasteiger partial charge < -0.3 is 5.32 Å². The molecule has 1 heterocycles. The molecule has 0 bridgehead atoms. The predicted molar refractivity (Wildman–Crippen MR) is 78.7 cm³/mol. The molecule has 2 atom stereocenters. The maximum absolute atomic E-state index is 11.3. The van der Waals surface area contributed by atoms with Crippen LogP contribution in [0.4, 0.5) is 0 Å². The molecular formula is C14H18Cl2N2O. The van der Waals surface area contributed by atoms with Gasteiger partial charge in [0.05, 0.1) is 0 Å². The van der Waals surface area contributed by atoms with E-state index in [9.17, 15) is 4.79 Å². The molecule has 1 saturated heterocycles. The van der Waals surface area contributed by atoms with E-state index >= 15 is 0 Å². The van der Waals surface area contributed by atoms with Crippen molar-refractivity contribution in [3.63, 3.8) is 0 Å². The molecule has 0 radical (unpaired) electrons. The van der Waals surface area contributed by atoms with Crippen molar-refractivity contribution >= 4 is 29.1 Å². The minimum absolute atomic E-state index is 0.0182. The molecule has 1 aromatic carbocycles. The smallest absolute Gasteiger partial charge is 0.234 e. The maximum atomic E-state index is 11.3. The Labute approximate surface area is 123 Å². The summed E-state index contributed by atoms with van der Waals surface area (Å²) in [7, 11) is 2.11. The molecule has 0 spiro atoms. The van der Waals surface area contributed by atoms with Crippen molar-refractivity contribution in [3.8, 4) is 0 Å². The third-order valence-corrected chi connectivity index (χ3v) is 4.12. The van der Waals surface area contributed by atoms with Crippen molar-refractivity contribution < 1.29 is 4.79 Å². The fourth-order valence-electron chi connectivity index (χ4n) is 2.75. The number of nitrogens with zero attached hydrogens (tertiary/aromatic N) is 1. The Kier molecular flexibility index (Phi) is 5.08. The molecule has 0 aliphatic carbocycles. The number of carbonyl (C=O) groups excluding carboxylic acids is 1. The molecular weight excluding hydrogens is 283 g/mol. The Morgan fingerprint density at radius 3 is 3.00 bits per heavy atom. The van der Waals surface area contributed by atoms with Crippen LogP contribution in [0.2, 0.25) is 5.02 Å². The Hall–Kier alpha value is -0.770. The molecule has 0 saturated carbocycles. The molecule has 1 N–H and O–H groups in total. The van der Waals surface area contributed by atoms with Gasteiger partial charge in [-0.2, -0.15) is 0 Å². The first-order chi connectivity index (χ1) is 9.11. The summed E-state index contributed by atoms with van der Waals surface area (Å²) in [4.78, 5) is 13.6. The maximum Gasteiger partial charge on any atom is 0.234 e. The van der Waals surface area contributed by atoms with E-state index in [2.05, 4.69) is 23.3 Å². The van der Waals surface area contributed by atoms with E-state index in [0.717, 1.165) is 18.0 Å². The average molecular weight is 301 g/mol. The lowest BCUT2D eigenvalue weighted by molar-refractivity contribution is -0.118. The number of hydrogen-bond acceptors (Lipinski definition) is 2. The number of benzene rings is 1. The fraction of sp³-hybridized carbons (Fsp3) is 0.500. The standard InChI is InChI=1S/C14H18Cl2N2O/c1-18-6-5-11(9-17-13(19)8-15)14(18)10-3-2-4-12(16)7-10/h2-4,7,11,14H,5-6,8-9H2,1H3,(H,17,19). The number of rotatable bonds is 4. The van der Waals surface area contributed by atoms with Gasteiger partial charge >= 0.3 is 0 Å². The van der Waals surface area contributed by atoms with E-state index < -0.39 is 0 Å². The number of halogens is 2. The van der Waals surface area contributed by atoms with Crippen LogP contribution in [0.25, 0.3) is 0 Å². The predicted octanol–water partition coefficient (Wildman–Crippen LogP) is 2.69. The number of amides is 1. The molecule has 1 aliphatic heterocycles. The molecule has 0 aromatic heterocycles. The summed E-state index contributed by atoms with van der Waals surface area (Å²) in [5.41, 5.74) is 1.21. The second kappa shape index (κ2) is 6.60. The normalized spacial score (nSPS) is 23.5. The second-order valence-corrected chi connectivity index (χ2v) is 5.67. The monoisotopic (exact) mass is 300 g/mol. The van der Waals surface area contributed by atoms with Crippen LogP contribution in [-0.4, -0.2) is 36.8 Å². The average Bonchev–Trinajstić information content (AvgIpc) is 2.77. The minimum Gasteiger partial charge on any atom is -0.355 e. The van der Waals surface area contributed by atoms with E-state index in [0.29, 0.717) is 18.5 Å². The Morgan fingerprint density at radius 1 is 1.53 bits per heavy atom. The zero-order valence-electron chi connectivity index (χ0n) is 10.9. The van der Waals surface area contributed by atoms with Crippen LogP contribution >= 0.6 is 23.2 Å². The van der Waals surface area contributed by atoms with E-state index in [1.165, 1.54) is 5.56 Å². The minimum atomic E-state index is -0.110. The molecule has 1 fully saturated rings. The molecule has 19 heavy (non-hydrogen) atoms. The SMILES string of the molecule is CN1CCC(CNC(=O)CCl)C1c1cccc(Cl)c1. The summed E-state index contributed by atoms with van der Waals surface area (Å²) in [6.07, 6.45) is 1.07. The number of hydrogen-bond donors (Lipinski definition) is 1. The van der Waals surface area contributed by atoms with Crippen LogP contribution in [0.5, 0.6) is 0 Å². The quantitative estimate of drug-likeness (QED) is 0.867. The lowest BCUT2D eigenvalue weighted by atomic mass is 9.93. The van der Waals surface area contributed by atoms with E-state index in [1.807, 2.05) is 18.2 Å². The summed E-state index contributed by atoms with van der Waals surface area (Å²) < 4.78 is 0. The van der Waals surface area contributed by atoms with Gasteiger partial charge in [0.15, 0.2) is 0 Å². The Morgan fingerprint density at radius 2 is 2.32 bits per heavy atom. The molecule has 104 valence electrons. The Bertz CT molecular complexity index is 453. The van der Waals surface area contributed by atoms with Gasteiger partial charge in [-0.1, -0.05) is 23.7 Å². The van der Waals surface area contributed by atoms with Crippen molar-refractivity contribution in [3.05, 3.63) is 34.9 Å². The highest BCUT2D eigenvalue weighted by atomic mass is 35.5. The highest BCUT2D eigenvalue weighted by Gasteiger charge is 2.33. The van der Waals surface area contributed by atoms with Gasteiger partial charge in [0.1, 0.15) is 5.88 Å². The third kappa shape index (κ3) is 3.62. The fourth-order valence-corrected chi connectivity index (χ4v) is 3.04. The molecule has 5 heteroatoms. The molecule has 1 aliphatic rings. The lowest BCUT2D eigenvalue weighted by Crippen LogP contribution is -2.33. The number of carbonyl (C=O) groups is 1. The summed E-state index contributed by atoms with van der Waals surface area (Å²) >= 11 is 11.6. The van der Waals surface area contributed by atoms with Gasteiger partial charge in [-0.25, -0.2) is 0 Å². The van der Waals surface area contributed by atoms with E-state index in [4.69, 9.17) is 23.2 Å². The van der Waals surface area contributed by atoms with Crippen molar-refractivity contribution in [1.29, 1.82) is 0 Å². The second-order valence-electron chi connectivity index (χ2n) is 4.97. The van der Waals surface area contributed by atoms with Gasteiger partial charge in [0.2, 0.25) is 5.91 Å². The third-order valence-electron chi connectivity index (χ3n) is 3.65. The summed E-state index contributed by atoms with van der Waals surface area (Å²) in [6.45, 7) is 1.69. The summed E-state index contributed by atoms with van der Waals surface area (Å²) in [6, 6.07) is 8.25. The van der Waals surface area contributed by atoms with Crippen LogP contribution in [0, 0.1) is 5.92 Å². The van der Waals surface area contributed by atoms with Gasteiger partial charge in [-0.3, -0.25) is 9.69 Å². The number of likely N-dealkylation sites (tertiary alicyclic amines) is 1. The molecule has 2 unspecified atom stereocenters. The van der Waals surface area contributed by atoms with Crippen molar-refractivity contribution in [2.24, 2.45) is 5.92 Å².